The van der Waals surface area contributed by atoms with Gasteiger partial charge in [-0.25, -0.2) is 0 Å². The van der Waals surface area contributed by atoms with Gasteiger partial charge in [0.1, 0.15) is 0 Å². The summed E-state index contributed by atoms with van der Waals surface area (Å²) in [5.41, 5.74) is 2.80. The van der Waals surface area contributed by atoms with Gasteiger partial charge in [0.05, 0.1) is 0 Å². The van der Waals surface area contributed by atoms with Gasteiger partial charge in [0, 0.05) is 25.6 Å². The van der Waals surface area contributed by atoms with Crippen LogP contribution in [0.5, 0.6) is 0 Å². The van der Waals surface area contributed by atoms with Gasteiger partial charge < -0.3 is 10.6 Å². The van der Waals surface area contributed by atoms with Crippen molar-refractivity contribution < 1.29 is 4.79 Å². The second-order valence-corrected chi connectivity index (χ2v) is 5.76. The van der Waals surface area contributed by atoms with Crippen LogP contribution in [0.15, 0.2) is 24.3 Å². The minimum atomic E-state index is 0.232. The number of carbonyl (C=O) groups excluding carboxylic acids is 1. The molecule has 1 amide bonds. The van der Waals surface area contributed by atoms with Gasteiger partial charge in [0.25, 0.3) is 0 Å². The van der Waals surface area contributed by atoms with Crippen LogP contribution in [0.1, 0.15) is 42.7 Å². The molecule has 2 fully saturated rings. The van der Waals surface area contributed by atoms with E-state index >= 15 is 0 Å². The Morgan fingerprint density at radius 1 is 1.05 bits per heavy atom. The van der Waals surface area contributed by atoms with Gasteiger partial charge in [-0.1, -0.05) is 24.3 Å². The first-order chi connectivity index (χ1) is 9.33. The lowest BCUT2D eigenvalue weighted by atomic mass is 10.1. The maximum Gasteiger partial charge on any atom is 0.223 e. The van der Waals surface area contributed by atoms with Crippen molar-refractivity contribution in [1.29, 1.82) is 0 Å². The fourth-order valence-electron chi connectivity index (χ4n) is 2.32. The molecular formula is C16H22N2O. The highest BCUT2D eigenvalue weighted by molar-refractivity contribution is 5.80. The molecule has 0 spiro atoms. The van der Waals surface area contributed by atoms with Crippen molar-refractivity contribution in [3.63, 3.8) is 0 Å². The van der Waals surface area contributed by atoms with Crippen LogP contribution < -0.4 is 10.6 Å². The Morgan fingerprint density at radius 2 is 1.79 bits per heavy atom. The lowest BCUT2D eigenvalue weighted by molar-refractivity contribution is -0.122. The summed E-state index contributed by atoms with van der Waals surface area (Å²) in [6.45, 7) is 2.45. The number of nitrogens with one attached hydrogen (secondary N) is 2. The van der Waals surface area contributed by atoms with Crippen molar-refractivity contribution in [2.24, 2.45) is 5.92 Å². The monoisotopic (exact) mass is 258 g/mol. The number of hydrogen-bond donors (Lipinski definition) is 2. The Balaban J connectivity index is 1.31. The smallest absolute Gasteiger partial charge is 0.223 e. The fraction of sp³-hybridized carbons (Fsp3) is 0.562. The van der Waals surface area contributed by atoms with Gasteiger partial charge in [0.15, 0.2) is 0 Å². The zero-order chi connectivity index (χ0) is 13.1. The summed E-state index contributed by atoms with van der Waals surface area (Å²) < 4.78 is 0. The molecule has 2 aliphatic carbocycles. The van der Waals surface area contributed by atoms with Gasteiger partial charge in [-0.15, -0.1) is 0 Å². The summed E-state index contributed by atoms with van der Waals surface area (Å²) in [7, 11) is 0. The molecule has 0 radical (unpaired) electrons. The highest BCUT2D eigenvalue weighted by Gasteiger charge is 2.28. The summed E-state index contributed by atoms with van der Waals surface area (Å²) in [5.74, 6) is 1.38. The molecule has 102 valence electrons. The molecule has 0 unspecified atom stereocenters. The number of rotatable bonds is 7. The van der Waals surface area contributed by atoms with Crippen LogP contribution in [0, 0.1) is 5.92 Å². The SMILES string of the molecule is O=C(NCCNCc1ccc(C2CC2)cc1)C1CC1. The van der Waals surface area contributed by atoms with Crippen LogP contribution in [-0.4, -0.2) is 19.0 Å². The first-order valence-electron chi connectivity index (χ1n) is 7.40. The van der Waals surface area contributed by atoms with E-state index in [0.29, 0.717) is 5.92 Å². The second-order valence-electron chi connectivity index (χ2n) is 5.76. The van der Waals surface area contributed by atoms with E-state index in [0.717, 1.165) is 38.4 Å². The average Bonchev–Trinajstić information content (AvgIpc) is 3.31. The van der Waals surface area contributed by atoms with Gasteiger partial charge >= 0.3 is 0 Å². The Bertz CT molecular complexity index is 433. The van der Waals surface area contributed by atoms with E-state index in [4.69, 9.17) is 0 Å². The normalized spacial score (nSPS) is 18.3. The third-order valence-electron chi connectivity index (χ3n) is 3.91. The van der Waals surface area contributed by atoms with Crippen molar-refractivity contribution in [2.75, 3.05) is 13.1 Å². The fourth-order valence-corrected chi connectivity index (χ4v) is 2.32. The first kappa shape index (κ1) is 12.7. The summed E-state index contributed by atoms with van der Waals surface area (Å²) in [6, 6.07) is 8.93. The van der Waals surface area contributed by atoms with E-state index in [1.54, 1.807) is 0 Å². The van der Waals surface area contributed by atoms with Crippen LogP contribution in [0.25, 0.3) is 0 Å². The molecule has 1 aromatic carbocycles. The molecular weight excluding hydrogens is 236 g/mol. The third kappa shape index (κ3) is 3.80. The molecule has 3 nitrogen and oxygen atoms in total. The molecule has 3 heteroatoms. The minimum Gasteiger partial charge on any atom is -0.355 e. The molecule has 0 aromatic heterocycles. The van der Waals surface area contributed by atoms with Crippen molar-refractivity contribution in [3.8, 4) is 0 Å². The van der Waals surface area contributed by atoms with E-state index < -0.39 is 0 Å². The standard InChI is InChI=1S/C16H22N2O/c19-16(15-7-8-15)18-10-9-17-11-12-1-3-13(4-2-12)14-5-6-14/h1-4,14-15,17H,5-11H2,(H,18,19). The molecule has 19 heavy (non-hydrogen) atoms. The zero-order valence-electron chi connectivity index (χ0n) is 11.3. The van der Waals surface area contributed by atoms with Crippen molar-refractivity contribution in [3.05, 3.63) is 35.4 Å². The van der Waals surface area contributed by atoms with E-state index in [9.17, 15) is 4.79 Å². The van der Waals surface area contributed by atoms with E-state index in [1.165, 1.54) is 24.0 Å². The molecule has 2 N–H and O–H groups in total. The summed E-state index contributed by atoms with van der Waals surface area (Å²) in [6.07, 6.45) is 4.87. The van der Waals surface area contributed by atoms with E-state index in [2.05, 4.69) is 34.9 Å². The van der Waals surface area contributed by atoms with E-state index in [-0.39, 0.29) is 5.91 Å². The summed E-state index contributed by atoms with van der Waals surface area (Å²) in [5, 5.41) is 6.33. The molecule has 0 saturated heterocycles. The highest BCUT2D eigenvalue weighted by Crippen LogP contribution is 2.39. The predicted octanol–water partition coefficient (Wildman–Crippen LogP) is 2.18. The Labute approximate surface area is 114 Å². The van der Waals surface area contributed by atoms with Crippen LogP contribution in [-0.2, 0) is 11.3 Å². The van der Waals surface area contributed by atoms with Crippen LogP contribution >= 0.6 is 0 Å². The molecule has 0 bridgehead atoms. The lowest BCUT2D eigenvalue weighted by Gasteiger charge is -2.07. The minimum absolute atomic E-state index is 0.232. The molecule has 0 aliphatic heterocycles. The molecule has 0 atom stereocenters. The number of benzene rings is 1. The zero-order valence-corrected chi connectivity index (χ0v) is 11.3. The van der Waals surface area contributed by atoms with Crippen molar-refractivity contribution >= 4 is 5.91 Å². The number of carbonyl (C=O) groups is 1. The topological polar surface area (TPSA) is 41.1 Å². The maximum absolute atomic E-state index is 11.4. The Kier molecular flexibility index (Phi) is 3.83. The maximum atomic E-state index is 11.4. The Morgan fingerprint density at radius 3 is 2.42 bits per heavy atom. The van der Waals surface area contributed by atoms with Gasteiger partial charge in [-0.2, -0.15) is 0 Å². The molecule has 0 heterocycles. The molecule has 1 aromatic rings. The second kappa shape index (κ2) is 5.74. The molecule has 3 rings (SSSR count). The van der Waals surface area contributed by atoms with E-state index in [1.807, 2.05) is 0 Å². The largest absolute Gasteiger partial charge is 0.355 e. The van der Waals surface area contributed by atoms with Crippen LogP contribution in [0.3, 0.4) is 0 Å². The summed E-state index contributed by atoms with van der Waals surface area (Å²) in [4.78, 5) is 11.4. The van der Waals surface area contributed by atoms with Crippen LogP contribution in [0.2, 0.25) is 0 Å². The lowest BCUT2D eigenvalue weighted by Crippen LogP contribution is -2.32. The van der Waals surface area contributed by atoms with Gasteiger partial charge in [-0.3, -0.25) is 4.79 Å². The quantitative estimate of drug-likeness (QED) is 0.736. The van der Waals surface area contributed by atoms with Crippen molar-refractivity contribution in [2.45, 2.75) is 38.1 Å². The number of hydrogen-bond acceptors (Lipinski definition) is 2. The molecule has 2 aliphatic rings. The number of amides is 1. The third-order valence-corrected chi connectivity index (χ3v) is 3.91. The predicted molar refractivity (Wildman–Crippen MR) is 75.9 cm³/mol. The Hall–Kier alpha value is -1.35. The highest BCUT2D eigenvalue weighted by atomic mass is 16.2. The van der Waals surface area contributed by atoms with Gasteiger partial charge in [-0.05, 0) is 42.7 Å². The molecule has 2 saturated carbocycles. The van der Waals surface area contributed by atoms with Crippen molar-refractivity contribution in [1.82, 2.24) is 10.6 Å². The summed E-state index contributed by atoms with van der Waals surface area (Å²) >= 11 is 0. The average molecular weight is 258 g/mol. The van der Waals surface area contributed by atoms with Crippen LogP contribution in [0.4, 0.5) is 0 Å². The first-order valence-corrected chi connectivity index (χ1v) is 7.40. The van der Waals surface area contributed by atoms with Gasteiger partial charge in [0.2, 0.25) is 5.91 Å².